The standard InChI is InChI=1S/C36H36FN3O3/c1-27-11-13-28(14-12-27)22-39(20-19-31-21-38-34-10-6-5-9-33(31)34)35(41)24-40(23-29-15-17-32(37)18-16-29)36(42)26-43-25-30-7-3-2-4-8-30/h2-18,21,38H,19-20,22-26H2,1H3. The van der Waals surface area contributed by atoms with Crippen LogP contribution >= 0.6 is 0 Å². The highest BCUT2D eigenvalue weighted by Crippen LogP contribution is 2.19. The molecule has 7 heteroatoms. The van der Waals surface area contributed by atoms with Crippen LogP contribution in [0.1, 0.15) is 27.8 Å². The molecular formula is C36H36FN3O3. The van der Waals surface area contributed by atoms with E-state index in [1.807, 2.05) is 90.8 Å². The second-order valence-electron chi connectivity index (χ2n) is 10.8. The molecular weight excluding hydrogens is 541 g/mol. The molecule has 4 aromatic carbocycles. The molecule has 43 heavy (non-hydrogen) atoms. The summed E-state index contributed by atoms with van der Waals surface area (Å²) in [4.78, 5) is 33.9. The van der Waals surface area contributed by atoms with Crippen molar-refractivity contribution < 1.29 is 18.7 Å². The number of benzene rings is 4. The number of rotatable bonds is 13. The molecule has 5 aromatic rings. The number of nitrogens with one attached hydrogen (secondary N) is 1. The highest BCUT2D eigenvalue weighted by molar-refractivity contribution is 5.86. The van der Waals surface area contributed by atoms with Crippen molar-refractivity contribution in [2.75, 3.05) is 19.7 Å². The van der Waals surface area contributed by atoms with E-state index in [0.29, 0.717) is 19.5 Å². The fourth-order valence-corrected chi connectivity index (χ4v) is 5.03. The Morgan fingerprint density at radius 3 is 2.14 bits per heavy atom. The van der Waals surface area contributed by atoms with E-state index in [-0.39, 0.29) is 43.9 Å². The minimum absolute atomic E-state index is 0.120. The fourth-order valence-electron chi connectivity index (χ4n) is 5.03. The molecule has 1 N–H and O–H groups in total. The summed E-state index contributed by atoms with van der Waals surface area (Å²) in [6.07, 6.45) is 2.65. The molecule has 2 amide bonds. The average molecular weight is 578 g/mol. The highest BCUT2D eigenvalue weighted by Gasteiger charge is 2.23. The molecule has 220 valence electrons. The number of nitrogens with zero attached hydrogens (tertiary/aromatic N) is 2. The Morgan fingerprint density at radius 1 is 0.744 bits per heavy atom. The summed E-state index contributed by atoms with van der Waals surface area (Å²) < 4.78 is 19.3. The van der Waals surface area contributed by atoms with Gasteiger partial charge in [0.1, 0.15) is 19.0 Å². The lowest BCUT2D eigenvalue weighted by Gasteiger charge is -2.28. The van der Waals surface area contributed by atoms with Crippen molar-refractivity contribution in [3.8, 4) is 0 Å². The van der Waals surface area contributed by atoms with Gasteiger partial charge in [-0.1, -0.05) is 90.5 Å². The van der Waals surface area contributed by atoms with Crippen molar-refractivity contribution in [3.05, 3.63) is 143 Å². The van der Waals surface area contributed by atoms with Crippen LogP contribution in [0, 0.1) is 12.7 Å². The number of carbonyl (C=O) groups excluding carboxylic acids is 2. The van der Waals surface area contributed by atoms with Crippen molar-refractivity contribution >= 4 is 22.7 Å². The summed E-state index contributed by atoms with van der Waals surface area (Å²) in [5, 5.41) is 1.13. The maximum absolute atomic E-state index is 13.9. The second-order valence-corrected chi connectivity index (χ2v) is 10.8. The first kappa shape index (κ1) is 29.7. The van der Waals surface area contributed by atoms with Gasteiger partial charge in [0.15, 0.2) is 0 Å². The predicted octanol–water partition coefficient (Wildman–Crippen LogP) is 6.43. The summed E-state index contributed by atoms with van der Waals surface area (Å²) >= 11 is 0. The number of halogens is 1. The SMILES string of the molecule is Cc1ccc(CN(CCc2c[nH]c3ccccc23)C(=O)CN(Cc2ccc(F)cc2)C(=O)COCc2ccccc2)cc1. The predicted molar refractivity (Wildman–Crippen MR) is 167 cm³/mol. The summed E-state index contributed by atoms with van der Waals surface area (Å²) in [6, 6.07) is 31.8. The number of aromatic amines is 1. The molecule has 0 radical (unpaired) electrons. The minimum atomic E-state index is -0.356. The first-order valence-corrected chi connectivity index (χ1v) is 14.5. The van der Waals surface area contributed by atoms with Crippen molar-refractivity contribution in [1.29, 1.82) is 0 Å². The van der Waals surface area contributed by atoms with Gasteiger partial charge >= 0.3 is 0 Å². The average Bonchev–Trinajstić information content (AvgIpc) is 3.44. The van der Waals surface area contributed by atoms with Gasteiger partial charge in [0.05, 0.1) is 6.61 Å². The maximum Gasteiger partial charge on any atom is 0.249 e. The van der Waals surface area contributed by atoms with Crippen LogP contribution in [-0.2, 0) is 40.4 Å². The van der Waals surface area contributed by atoms with Gasteiger partial charge in [-0.2, -0.15) is 0 Å². The van der Waals surface area contributed by atoms with Crippen LogP contribution in [0.4, 0.5) is 4.39 Å². The molecule has 0 aliphatic heterocycles. The Bertz CT molecular complexity index is 1630. The Labute approximate surface area is 251 Å². The molecule has 0 aliphatic carbocycles. The van der Waals surface area contributed by atoms with E-state index < -0.39 is 0 Å². The number of H-pyrrole nitrogens is 1. The van der Waals surface area contributed by atoms with Crippen molar-refractivity contribution in [2.45, 2.75) is 33.0 Å². The monoisotopic (exact) mass is 577 g/mol. The Morgan fingerprint density at radius 2 is 1.40 bits per heavy atom. The highest BCUT2D eigenvalue weighted by atomic mass is 19.1. The molecule has 0 atom stereocenters. The van der Waals surface area contributed by atoms with Crippen molar-refractivity contribution in [1.82, 2.24) is 14.8 Å². The van der Waals surface area contributed by atoms with Crippen LogP contribution in [0.2, 0.25) is 0 Å². The van der Waals surface area contributed by atoms with Crippen molar-refractivity contribution in [2.24, 2.45) is 0 Å². The summed E-state index contributed by atoms with van der Waals surface area (Å²) in [6.45, 7) is 3.10. The molecule has 0 aliphatic rings. The largest absolute Gasteiger partial charge is 0.367 e. The number of carbonyl (C=O) groups is 2. The van der Waals surface area contributed by atoms with Crippen LogP contribution in [-0.4, -0.2) is 46.3 Å². The number of amides is 2. The lowest BCUT2D eigenvalue weighted by Crippen LogP contribution is -2.44. The Kier molecular flexibility index (Phi) is 9.97. The van der Waals surface area contributed by atoms with Crippen LogP contribution in [0.5, 0.6) is 0 Å². The second kappa shape index (κ2) is 14.4. The molecule has 0 spiro atoms. The zero-order valence-electron chi connectivity index (χ0n) is 24.3. The minimum Gasteiger partial charge on any atom is -0.367 e. The van der Waals surface area contributed by atoms with Gasteiger partial charge in [0.25, 0.3) is 0 Å². The quantitative estimate of drug-likeness (QED) is 0.175. The third-order valence-electron chi connectivity index (χ3n) is 7.48. The van der Waals surface area contributed by atoms with E-state index in [4.69, 9.17) is 4.74 Å². The topological polar surface area (TPSA) is 65.6 Å². The van der Waals surface area contributed by atoms with Gasteiger partial charge in [-0.3, -0.25) is 9.59 Å². The van der Waals surface area contributed by atoms with Crippen molar-refractivity contribution in [3.63, 3.8) is 0 Å². The van der Waals surface area contributed by atoms with Gasteiger partial charge in [0.2, 0.25) is 11.8 Å². The maximum atomic E-state index is 13.9. The fraction of sp³-hybridized carbons (Fsp3) is 0.222. The van der Waals surface area contributed by atoms with Gasteiger partial charge < -0.3 is 19.5 Å². The first-order chi connectivity index (χ1) is 20.9. The smallest absolute Gasteiger partial charge is 0.249 e. The van der Waals surface area contributed by atoms with E-state index in [0.717, 1.165) is 38.7 Å². The molecule has 0 unspecified atom stereocenters. The zero-order valence-corrected chi connectivity index (χ0v) is 24.3. The van der Waals surface area contributed by atoms with Gasteiger partial charge in [-0.15, -0.1) is 0 Å². The third kappa shape index (κ3) is 8.40. The molecule has 1 heterocycles. The lowest BCUT2D eigenvalue weighted by atomic mass is 10.1. The van der Waals surface area contributed by atoms with E-state index in [1.54, 1.807) is 12.1 Å². The molecule has 0 saturated heterocycles. The Balaban J connectivity index is 1.32. The first-order valence-electron chi connectivity index (χ1n) is 14.5. The van der Waals surface area contributed by atoms with Gasteiger partial charge in [-0.05, 0) is 53.8 Å². The van der Waals surface area contributed by atoms with E-state index in [2.05, 4.69) is 11.1 Å². The molecule has 0 bridgehead atoms. The lowest BCUT2D eigenvalue weighted by molar-refractivity contribution is -0.144. The normalized spacial score (nSPS) is 11.0. The van der Waals surface area contributed by atoms with Crippen LogP contribution in [0.15, 0.2) is 109 Å². The third-order valence-corrected chi connectivity index (χ3v) is 7.48. The number of hydrogen-bond donors (Lipinski definition) is 1. The summed E-state index contributed by atoms with van der Waals surface area (Å²) in [5.41, 5.74) is 6.03. The molecule has 6 nitrogen and oxygen atoms in total. The van der Waals surface area contributed by atoms with E-state index in [1.165, 1.54) is 17.0 Å². The number of fused-ring (bicyclic) bond motifs is 1. The number of ether oxygens (including phenoxy) is 1. The van der Waals surface area contributed by atoms with Gasteiger partial charge in [-0.25, -0.2) is 4.39 Å². The van der Waals surface area contributed by atoms with Crippen LogP contribution in [0.25, 0.3) is 10.9 Å². The van der Waals surface area contributed by atoms with Gasteiger partial charge in [0, 0.05) is 36.7 Å². The number of aryl methyl sites for hydroxylation is 1. The number of aromatic nitrogens is 1. The number of para-hydroxylation sites is 1. The summed E-state index contributed by atoms with van der Waals surface area (Å²) in [7, 11) is 0. The van der Waals surface area contributed by atoms with E-state index >= 15 is 0 Å². The molecule has 0 saturated carbocycles. The molecule has 5 rings (SSSR count). The molecule has 0 fully saturated rings. The van der Waals surface area contributed by atoms with E-state index in [9.17, 15) is 14.0 Å². The zero-order chi connectivity index (χ0) is 30.0. The van der Waals surface area contributed by atoms with Crippen LogP contribution < -0.4 is 0 Å². The molecule has 1 aromatic heterocycles. The van der Waals surface area contributed by atoms with Crippen LogP contribution in [0.3, 0.4) is 0 Å². The number of hydrogen-bond acceptors (Lipinski definition) is 3. The summed E-state index contributed by atoms with van der Waals surface area (Å²) in [5.74, 6) is -0.829. The Hall–Kier alpha value is -4.75.